The second-order valence-corrected chi connectivity index (χ2v) is 13.0. The highest BCUT2D eigenvalue weighted by molar-refractivity contribution is 5.82. The summed E-state index contributed by atoms with van der Waals surface area (Å²) >= 11 is 0. The molecule has 0 aliphatic rings. The predicted molar refractivity (Wildman–Crippen MR) is 200 cm³/mol. The van der Waals surface area contributed by atoms with Crippen LogP contribution in [0.15, 0.2) is 48.6 Å². The molecule has 0 saturated carbocycles. The van der Waals surface area contributed by atoms with E-state index in [1.54, 1.807) is 52.0 Å². The lowest BCUT2D eigenvalue weighted by Gasteiger charge is -2.28. The van der Waals surface area contributed by atoms with E-state index >= 15 is 0 Å². The first kappa shape index (κ1) is 49.6. The van der Waals surface area contributed by atoms with E-state index in [0.29, 0.717) is 25.7 Å². The van der Waals surface area contributed by atoms with Gasteiger partial charge in [-0.05, 0) is 53.4 Å². The summed E-state index contributed by atoms with van der Waals surface area (Å²) in [5.41, 5.74) is 0. The van der Waals surface area contributed by atoms with Crippen molar-refractivity contribution < 1.29 is 63.3 Å². The number of allylic oxidation sites excluding steroid dienone is 4. The van der Waals surface area contributed by atoms with Gasteiger partial charge in [0.1, 0.15) is 26.4 Å². The summed E-state index contributed by atoms with van der Waals surface area (Å²) < 4.78 is 26.8. The Labute approximate surface area is 316 Å². The molecule has 53 heavy (non-hydrogen) atoms. The van der Waals surface area contributed by atoms with Crippen molar-refractivity contribution in [2.75, 3.05) is 26.4 Å². The number of unbranched alkanes of at least 4 members (excludes halogenated alkanes) is 6. The minimum atomic E-state index is -0.981. The van der Waals surface area contributed by atoms with E-state index in [2.05, 4.69) is 0 Å². The number of aliphatic hydroxyl groups excluding tert-OH is 4. The zero-order valence-corrected chi connectivity index (χ0v) is 32.3. The second kappa shape index (κ2) is 33.2. The van der Waals surface area contributed by atoms with Crippen LogP contribution in [0.4, 0.5) is 0 Å². The largest absolute Gasteiger partial charge is 0.460 e. The van der Waals surface area contributed by atoms with Crippen LogP contribution in [0.3, 0.4) is 0 Å². The first-order valence-corrected chi connectivity index (χ1v) is 19.0. The fraction of sp³-hybridized carbons (Fsp3) is 0.700. The molecule has 0 aliphatic heterocycles. The van der Waals surface area contributed by atoms with Gasteiger partial charge >= 0.3 is 23.9 Å². The second-order valence-electron chi connectivity index (χ2n) is 13.0. The molecule has 0 aromatic heterocycles. The SMILES string of the molecule is CC=CC(=O)OCC(O)CCCCCCC(CC(O)COC(=O)C=CC)OC(CCCCCCC(O)COC(=O)C=CC)CC(O)COC(=O)C=CC. The average Bonchev–Trinajstić information content (AvgIpc) is 3.11. The topological polar surface area (TPSA) is 195 Å². The molecule has 0 aromatic rings. The van der Waals surface area contributed by atoms with E-state index in [1.807, 2.05) is 0 Å². The number of hydrogen-bond donors (Lipinski definition) is 4. The van der Waals surface area contributed by atoms with Crippen molar-refractivity contribution in [1.29, 1.82) is 0 Å². The Hall–Kier alpha value is -3.36. The van der Waals surface area contributed by atoms with E-state index in [0.717, 1.165) is 51.4 Å². The van der Waals surface area contributed by atoms with Crippen LogP contribution in [0.1, 0.15) is 118 Å². The Morgan fingerprint density at radius 1 is 0.415 bits per heavy atom. The van der Waals surface area contributed by atoms with E-state index in [9.17, 15) is 39.6 Å². The van der Waals surface area contributed by atoms with Crippen LogP contribution in [0.5, 0.6) is 0 Å². The van der Waals surface area contributed by atoms with Gasteiger partial charge in [-0.25, -0.2) is 19.2 Å². The van der Waals surface area contributed by atoms with Crippen molar-refractivity contribution in [2.45, 2.75) is 154 Å². The Morgan fingerprint density at radius 3 is 0.962 bits per heavy atom. The fourth-order valence-corrected chi connectivity index (χ4v) is 5.33. The maximum Gasteiger partial charge on any atom is 0.330 e. The van der Waals surface area contributed by atoms with Gasteiger partial charge < -0.3 is 44.1 Å². The molecule has 6 atom stereocenters. The number of hydrogen-bond acceptors (Lipinski definition) is 13. The lowest BCUT2D eigenvalue weighted by atomic mass is 10.0. The summed E-state index contributed by atoms with van der Waals surface area (Å²) in [6, 6.07) is 0. The molecule has 0 amide bonds. The van der Waals surface area contributed by atoms with Crippen LogP contribution in [0.25, 0.3) is 0 Å². The smallest absolute Gasteiger partial charge is 0.330 e. The van der Waals surface area contributed by atoms with Gasteiger partial charge in [0.05, 0.1) is 36.6 Å². The molecule has 0 radical (unpaired) electrons. The van der Waals surface area contributed by atoms with Gasteiger partial charge in [-0.15, -0.1) is 0 Å². The number of carbonyl (C=O) groups is 4. The molecule has 4 N–H and O–H groups in total. The average molecular weight is 755 g/mol. The third-order valence-corrected chi connectivity index (χ3v) is 7.96. The number of carbonyl (C=O) groups excluding carboxylic acids is 4. The third kappa shape index (κ3) is 30.8. The molecule has 0 fully saturated rings. The van der Waals surface area contributed by atoms with Gasteiger partial charge in [0.15, 0.2) is 0 Å². The van der Waals surface area contributed by atoms with Gasteiger partial charge in [-0.3, -0.25) is 0 Å². The standard InChI is InChI=1S/C40H66O13/c1-5-17-37(45)49-27-31(41)21-13-9-11-15-23-35(25-33(43)29-51-39(47)19-7-3)53-36(26-34(44)30-52-40(48)20-8-4)24-16-12-10-14-22-32(42)28-50-38(46)18-6-2/h5-8,17-20,31-36,41-44H,9-16,21-30H2,1-4H3. The molecular formula is C40H66O13. The molecule has 0 saturated heterocycles. The monoisotopic (exact) mass is 754 g/mol. The van der Waals surface area contributed by atoms with Crippen molar-refractivity contribution in [2.24, 2.45) is 0 Å². The molecule has 0 aromatic carbocycles. The van der Waals surface area contributed by atoms with Gasteiger partial charge in [-0.2, -0.15) is 0 Å². The molecule has 0 rings (SSSR count). The van der Waals surface area contributed by atoms with Crippen molar-refractivity contribution in [3.8, 4) is 0 Å². The quantitative estimate of drug-likeness (QED) is 0.0306. The first-order chi connectivity index (χ1) is 25.4. The molecule has 0 spiro atoms. The van der Waals surface area contributed by atoms with Crippen LogP contribution < -0.4 is 0 Å². The summed E-state index contributed by atoms with van der Waals surface area (Å²) in [6.07, 6.45) is 15.9. The molecule has 13 heteroatoms. The lowest BCUT2D eigenvalue weighted by molar-refractivity contribution is -0.143. The Balaban J connectivity index is 5.30. The highest BCUT2D eigenvalue weighted by Crippen LogP contribution is 2.22. The minimum Gasteiger partial charge on any atom is -0.460 e. The van der Waals surface area contributed by atoms with Crippen molar-refractivity contribution >= 4 is 23.9 Å². The number of aliphatic hydroxyl groups is 4. The van der Waals surface area contributed by atoms with Crippen LogP contribution >= 0.6 is 0 Å². The van der Waals surface area contributed by atoms with Crippen LogP contribution in [0.2, 0.25) is 0 Å². The number of esters is 4. The fourth-order valence-electron chi connectivity index (χ4n) is 5.33. The van der Waals surface area contributed by atoms with Crippen LogP contribution in [-0.4, -0.2) is 107 Å². The van der Waals surface area contributed by atoms with E-state index in [4.69, 9.17) is 23.7 Å². The Morgan fingerprint density at radius 2 is 0.679 bits per heavy atom. The highest BCUT2D eigenvalue weighted by atomic mass is 16.6. The summed E-state index contributed by atoms with van der Waals surface area (Å²) in [5.74, 6) is -2.10. The zero-order chi connectivity index (χ0) is 39.7. The summed E-state index contributed by atoms with van der Waals surface area (Å²) in [6.45, 7) is 6.26. The summed E-state index contributed by atoms with van der Waals surface area (Å²) in [7, 11) is 0. The summed E-state index contributed by atoms with van der Waals surface area (Å²) in [4.78, 5) is 46.6. The van der Waals surface area contributed by atoms with Crippen molar-refractivity contribution in [3.05, 3.63) is 48.6 Å². The van der Waals surface area contributed by atoms with Crippen molar-refractivity contribution in [1.82, 2.24) is 0 Å². The molecule has 6 unspecified atom stereocenters. The maximum atomic E-state index is 11.8. The first-order valence-electron chi connectivity index (χ1n) is 19.0. The Bertz CT molecular complexity index is 1020. The zero-order valence-electron chi connectivity index (χ0n) is 32.3. The van der Waals surface area contributed by atoms with Gasteiger partial charge in [-0.1, -0.05) is 75.7 Å². The molecule has 304 valence electrons. The van der Waals surface area contributed by atoms with E-state index in [-0.39, 0.29) is 39.3 Å². The molecule has 0 bridgehead atoms. The van der Waals surface area contributed by atoms with Crippen LogP contribution in [0, 0.1) is 0 Å². The highest BCUT2D eigenvalue weighted by Gasteiger charge is 2.23. The van der Waals surface area contributed by atoms with Gasteiger partial charge in [0, 0.05) is 37.1 Å². The Kier molecular flexibility index (Phi) is 31.1. The van der Waals surface area contributed by atoms with Gasteiger partial charge in [0.25, 0.3) is 0 Å². The minimum absolute atomic E-state index is 0.0620. The van der Waals surface area contributed by atoms with E-state index < -0.39 is 60.5 Å². The van der Waals surface area contributed by atoms with E-state index in [1.165, 1.54) is 24.3 Å². The lowest BCUT2D eigenvalue weighted by Crippen LogP contribution is -2.32. The van der Waals surface area contributed by atoms with Crippen LogP contribution in [-0.2, 0) is 42.9 Å². The van der Waals surface area contributed by atoms with Crippen molar-refractivity contribution in [3.63, 3.8) is 0 Å². The molecular weight excluding hydrogens is 688 g/mol. The third-order valence-electron chi connectivity index (χ3n) is 7.96. The number of ether oxygens (including phenoxy) is 5. The van der Waals surface area contributed by atoms with Gasteiger partial charge in [0.2, 0.25) is 0 Å². The molecule has 0 aliphatic carbocycles. The maximum absolute atomic E-state index is 11.8. The predicted octanol–water partition coefficient (Wildman–Crippen LogP) is 5.12. The molecule has 13 nitrogen and oxygen atoms in total. The summed E-state index contributed by atoms with van der Waals surface area (Å²) in [5, 5.41) is 41.8. The number of rotatable bonds is 32. The molecule has 0 heterocycles. The normalized spacial score (nSPS) is 15.4.